The highest BCUT2D eigenvalue weighted by Crippen LogP contribution is 2.30. The topological polar surface area (TPSA) is 54.5 Å². The van der Waals surface area contributed by atoms with Gasteiger partial charge in [-0.05, 0) is 41.8 Å². The average Bonchev–Trinajstić information content (AvgIpc) is 2.56. The Labute approximate surface area is 129 Å². The molecule has 0 fully saturated rings. The standard InChI is InChI=1S/C17H19N3O2/c1-22-12-20-16-6-5-15(9-14(16)4-7-17(20)21)19-11-13-3-2-8-18-10-13/h2-3,5-6,8-10,19H,4,7,11-12H2,1H3. The summed E-state index contributed by atoms with van der Waals surface area (Å²) < 4.78 is 5.13. The number of aryl methyl sites for hydroxylation is 1. The smallest absolute Gasteiger partial charge is 0.229 e. The number of amides is 1. The number of pyridine rings is 1. The molecule has 0 radical (unpaired) electrons. The number of anilines is 2. The summed E-state index contributed by atoms with van der Waals surface area (Å²) >= 11 is 0. The van der Waals surface area contributed by atoms with Gasteiger partial charge in [-0.1, -0.05) is 6.07 Å². The molecule has 1 aliphatic rings. The third-order valence-electron chi connectivity index (χ3n) is 3.76. The van der Waals surface area contributed by atoms with Gasteiger partial charge in [0.25, 0.3) is 0 Å². The molecule has 22 heavy (non-hydrogen) atoms. The fourth-order valence-corrected chi connectivity index (χ4v) is 2.65. The molecular formula is C17H19N3O2. The first-order chi connectivity index (χ1) is 10.8. The maximum absolute atomic E-state index is 12.0. The number of ether oxygens (including phenoxy) is 1. The van der Waals surface area contributed by atoms with Gasteiger partial charge in [0, 0.05) is 43.8 Å². The van der Waals surface area contributed by atoms with Gasteiger partial charge in [0.05, 0.1) is 0 Å². The monoisotopic (exact) mass is 297 g/mol. The summed E-state index contributed by atoms with van der Waals surface area (Å²) in [6.45, 7) is 1.03. The van der Waals surface area contributed by atoms with Crippen LogP contribution in [-0.4, -0.2) is 24.7 Å². The minimum atomic E-state index is 0.116. The SMILES string of the molecule is COCN1C(=O)CCc2cc(NCc3cccnc3)ccc21. The summed E-state index contributed by atoms with van der Waals surface area (Å²) in [6.07, 6.45) is 4.92. The average molecular weight is 297 g/mol. The second-order valence-electron chi connectivity index (χ2n) is 5.30. The van der Waals surface area contributed by atoms with Crippen molar-refractivity contribution in [1.82, 2.24) is 4.98 Å². The number of aromatic nitrogens is 1. The van der Waals surface area contributed by atoms with E-state index in [1.807, 2.05) is 30.5 Å². The van der Waals surface area contributed by atoms with Gasteiger partial charge in [-0.2, -0.15) is 0 Å². The Morgan fingerprint density at radius 2 is 2.23 bits per heavy atom. The Morgan fingerprint density at radius 1 is 1.32 bits per heavy atom. The Balaban J connectivity index is 1.75. The van der Waals surface area contributed by atoms with E-state index in [1.165, 1.54) is 5.56 Å². The molecule has 2 heterocycles. The molecule has 0 atom stereocenters. The van der Waals surface area contributed by atoms with E-state index in [2.05, 4.69) is 16.4 Å². The zero-order valence-corrected chi connectivity index (χ0v) is 12.6. The molecule has 114 valence electrons. The highest BCUT2D eigenvalue weighted by molar-refractivity contribution is 5.96. The van der Waals surface area contributed by atoms with Crippen molar-refractivity contribution in [2.45, 2.75) is 19.4 Å². The second-order valence-corrected chi connectivity index (χ2v) is 5.30. The summed E-state index contributed by atoms with van der Waals surface area (Å²) in [5.74, 6) is 0.116. The van der Waals surface area contributed by atoms with Crippen LogP contribution in [0.5, 0.6) is 0 Å². The first kappa shape index (κ1) is 14.5. The molecule has 2 aromatic rings. The first-order valence-electron chi connectivity index (χ1n) is 7.33. The molecule has 1 aromatic heterocycles. The lowest BCUT2D eigenvalue weighted by Crippen LogP contribution is -2.36. The predicted molar refractivity (Wildman–Crippen MR) is 85.7 cm³/mol. The van der Waals surface area contributed by atoms with E-state index in [4.69, 9.17) is 4.74 Å². The molecule has 0 saturated carbocycles. The summed E-state index contributed by atoms with van der Waals surface area (Å²) in [7, 11) is 1.60. The number of carbonyl (C=O) groups excluding carboxylic acids is 1. The molecule has 0 spiro atoms. The van der Waals surface area contributed by atoms with Crippen LogP contribution in [0.4, 0.5) is 11.4 Å². The van der Waals surface area contributed by atoms with Crippen molar-refractivity contribution in [3.8, 4) is 0 Å². The lowest BCUT2D eigenvalue weighted by atomic mass is 10.0. The molecular weight excluding hydrogens is 278 g/mol. The van der Waals surface area contributed by atoms with Crippen LogP contribution in [-0.2, 0) is 22.5 Å². The van der Waals surface area contributed by atoms with Gasteiger partial charge in [0.2, 0.25) is 5.91 Å². The van der Waals surface area contributed by atoms with Gasteiger partial charge in [0.15, 0.2) is 0 Å². The van der Waals surface area contributed by atoms with Crippen molar-refractivity contribution in [1.29, 1.82) is 0 Å². The molecule has 0 bridgehead atoms. The van der Waals surface area contributed by atoms with E-state index < -0.39 is 0 Å². The molecule has 3 rings (SSSR count). The molecule has 5 nitrogen and oxygen atoms in total. The quantitative estimate of drug-likeness (QED) is 0.921. The zero-order chi connectivity index (χ0) is 15.4. The van der Waals surface area contributed by atoms with Gasteiger partial charge in [-0.3, -0.25) is 14.7 Å². The van der Waals surface area contributed by atoms with Crippen LogP contribution in [0, 0.1) is 0 Å². The van der Waals surface area contributed by atoms with Crippen molar-refractivity contribution in [2.24, 2.45) is 0 Å². The van der Waals surface area contributed by atoms with Gasteiger partial charge >= 0.3 is 0 Å². The van der Waals surface area contributed by atoms with Crippen molar-refractivity contribution < 1.29 is 9.53 Å². The van der Waals surface area contributed by atoms with Crippen molar-refractivity contribution in [3.63, 3.8) is 0 Å². The molecule has 1 amide bonds. The fraction of sp³-hybridized carbons (Fsp3) is 0.294. The Kier molecular flexibility index (Phi) is 4.34. The molecule has 1 aromatic carbocycles. The van der Waals surface area contributed by atoms with Crippen LogP contribution in [0.15, 0.2) is 42.7 Å². The van der Waals surface area contributed by atoms with E-state index >= 15 is 0 Å². The maximum atomic E-state index is 12.0. The summed E-state index contributed by atoms with van der Waals surface area (Å²) in [6, 6.07) is 10.1. The molecule has 0 unspecified atom stereocenters. The van der Waals surface area contributed by atoms with E-state index in [1.54, 1.807) is 18.2 Å². The highest BCUT2D eigenvalue weighted by atomic mass is 16.5. The number of hydrogen-bond donors (Lipinski definition) is 1. The van der Waals surface area contributed by atoms with Crippen LogP contribution >= 0.6 is 0 Å². The summed E-state index contributed by atoms with van der Waals surface area (Å²) in [4.78, 5) is 17.8. The molecule has 5 heteroatoms. The van der Waals surface area contributed by atoms with Crippen LogP contribution in [0.2, 0.25) is 0 Å². The maximum Gasteiger partial charge on any atom is 0.229 e. The number of nitrogens with zero attached hydrogens (tertiary/aromatic N) is 2. The number of nitrogens with one attached hydrogen (secondary N) is 1. The van der Waals surface area contributed by atoms with E-state index in [0.717, 1.165) is 29.9 Å². The van der Waals surface area contributed by atoms with Gasteiger partial charge < -0.3 is 10.1 Å². The second kappa shape index (κ2) is 6.58. The Morgan fingerprint density at radius 3 is 3.00 bits per heavy atom. The number of methoxy groups -OCH3 is 1. The third-order valence-corrected chi connectivity index (χ3v) is 3.76. The lowest BCUT2D eigenvalue weighted by Gasteiger charge is -2.29. The normalized spacial score (nSPS) is 13.9. The van der Waals surface area contributed by atoms with Crippen LogP contribution < -0.4 is 10.2 Å². The summed E-state index contributed by atoms with van der Waals surface area (Å²) in [5.41, 5.74) is 4.31. The molecule has 0 saturated heterocycles. The first-order valence-corrected chi connectivity index (χ1v) is 7.33. The van der Waals surface area contributed by atoms with Crippen LogP contribution in [0.1, 0.15) is 17.5 Å². The van der Waals surface area contributed by atoms with Crippen LogP contribution in [0.25, 0.3) is 0 Å². The number of benzene rings is 1. The highest BCUT2D eigenvalue weighted by Gasteiger charge is 2.23. The number of fused-ring (bicyclic) bond motifs is 1. The van der Waals surface area contributed by atoms with Gasteiger partial charge in [-0.15, -0.1) is 0 Å². The molecule has 1 aliphatic heterocycles. The van der Waals surface area contributed by atoms with E-state index in [9.17, 15) is 4.79 Å². The van der Waals surface area contributed by atoms with E-state index in [-0.39, 0.29) is 5.91 Å². The Bertz CT molecular complexity index is 658. The molecule has 0 aliphatic carbocycles. The minimum absolute atomic E-state index is 0.116. The lowest BCUT2D eigenvalue weighted by molar-refractivity contribution is -0.119. The van der Waals surface area contributed by atoms with Crippen molar-refractivity contribution in [3.05, 3.63) is 53.9 Å². The number of rotatable bonds is 5. The number of carbonyl (C=O) groups is 1. The fourth-order valence-electron chi connectivity index (χ4n) is 2.65. The van der Waals surface area contributed by atoms with Crippen molar-refractivity contribution in [2.75, 3.05) is 24.1 Å². The van der Waals surface area contributed by atoms with E-state index in [0.29, 0.717) is 13.2 Å². The zero-order valence-electron chi connectivity index (χ0n) is 12.6. The van der Waals surface area contributed by atoms with Gasteiger partial charge in [-0.25, -0.2) is 0 Å². The van der Waals surface area contributed by atoms with Crippen molar-refractivity contribution >= 4 is 17.3 Å². The Hall–Kier alpha value is -2.40. The van der Waals surface area contributed by atoms with Crippen LogP contribution in [0.3, 0.4) is 0 Å². The third kappa shape index (κ3) is 3.09. The predicted octanol–water partition coefficient (Wildman–Crippen LogP) is 2.58. The largest absolute Gasteiger partial charge is 0.381 e. The van der Waals surface area contributed by atoms with Gasteiger partial charge in [0.1, 0.15) is 6.73 Å². The number of hydrogen-bond acceptors (Lipinski definition) is 4. The summed E-state index contributed by atoms with van der Waals surface area (Å²) in [5, 5.41) is 3.39. The minimum Gasteiger partial charge on any atom is -0.381 e. The molecule has 1 N–H and O–H groups in total.